The largest absolute Gasteiger partial charge is 0.334 e. The Morgan fingerprint density at radius 2 is 1.84 bits per heavy atom. The summed E-state index contributed by atoms with van der Waals surface area (Å²) in [7, 11) is 0. The zero-order chi connectivity index (χ0) is 16.9. The van der Waals surface area contributed by atoms with Crippen molar-refractivity contribution in [3.8, 4) is 0 Å². The standard InChI is InChI=1S/C17H26N4O3.ClH/c1-11(14(22)21-12-4-5-13(21)10-18-9-6-12)20-15(23)17(19-16(20)24)7-2-3-8-17;/h11-13,18H,2-10H2,1H3,(H,19,24);1H. The van der Waals surface area contributed by atoms with Gasteiger partial charge in [0, 0.05) is 18.6 Å². The van der Waals surface area contributed by atoms with Gasteiger partial charge in [-0.15, -0.1) is 12.4 Å². The summed E-state index contributed by atoms with van der Waals surface area (Å²) in [5.74, 6) is -0.282. The molecule has 0 aromatic heterocycles. The number of urea groups is 1. The van der Waals surface area contributed by atoms with Crippen molar-refractivity contribution in [1.82, 2.24) is 20.4 Å². The van der Waals surface area contributed by atoms with Crippen molar-refractivity contribution in [2.45, 2.75) is 75.5 Å². The van der Waals surface area contributed by atoms with E-state index in [1.165, 1.54) is 4.90 Å². The number of fused-ring (bicyclic) bond motifs is 2. The highest BCUT2D eigenvalue weighted by molar-refractivity contribution is 6.10. The molecule has 4 aliphatic rings. The molecule has 2 bridgehead atoms. The lowest BCUT2D eigenvalue weighted by Gasteiger charge is -2.33. The number of carbonyl (C=O) groups excluding carboxylic acids is 3. The van der Waals surface area contributed by atoms with Gasteiger partial charge in [-0.1, -0.05) is 12.8 Å². The second-order valence-corrected chi connectivity index (χ2v) is 7.69. The van der Waals surface area contributed by atoms with E-state index in [2.05, 4.69) is 10.6 Å². The van der Waals surface area contributed by atoms with Gasteiger partial charge in [-0.25, -0.2) is 9.69 Å². The molecule has 8 heteroatoms. The third-order valence-electron chi connectivity index (χ3n) is 6.30. The molecule has 0 aromatic rings. The third-order valence-corrected chi connectivity index (χ3v) is 6.30. The molecule has 25 heavy (non-hydrogen) atoms. The summed E-state index contributed by atoms with van der Waals surface area (Å²) >= 11 is 0. The Labute approximate surface area is 154 Å². The topological polar surface area (TPSA) is 81.8 Å². The smallest absolute Gasteiger partial charge is 0.325 e. The molecule has 4 rings (SSSR count). The van der Waals surface area contributed by atoms with Crippen LogP contribution in [0.4, 0.5) is 4.79 Å². The molecule has 3 aliphatic heterocycles. The van der Waals surface area contributed by atoms with Crippen LogP contribution in [-0.2, 0) is 9.59 Å². The summed E-state index contributed by atoms with van der Waals surface area (Å²) in [6, 6.07) is -0.698. The van der Waals surface area contributed by atoms with Gasteiger partial charge in [0.1, 0.15) is 11.6 Å². The third kappa shape index (κ3) is 2.81. The molecule has 3 heterocycles. The summed E-state index contributed by atoms with van der Waals surface area (Å²) in [5, 5.41) is 6.25. The number of nitrogens with one attached hydrogen (secondary N) is 2. The maximum Gasteiger partial charge on any atom is 0.325 e. The maximum absolute atomic E-state index is 13.1. The fourth-order valence-electron chi connectivity index (χ4n) is 4.98. The molecule has 7 nitrogen and oxygen atoms in total. The Balaban J connectivity index is 0.00000182. The van der Waals surface area contributed by atoms with Gasteiger partial charge >= 0.3 is 6.03 Å². The van der Waals surface area contributed by atoms with E-state index in [1.54, 1.807) is 6.92 Å². The van der Waals surface area contributed by atoms with Crippen LogP contribution in [0.2, 0.25) is 0 Å². The van der Waals surface area contributed by atoms with E-state index in [9.17, 15) is 14.4 Å². The lowest BCUT2D eigenvalue weighted by molar-refractivity contribution is -0.144. The van der Waals surface area contributed by atoms with Crippen LogP contribution in [0.25, 0.3) is 0 Å². The van der Waals surface area contributed by atoms with Crippen LogP contribution in [0.3, 0.4) is 0 Å². The van der Waals surface area contributed by atoms with Crippen LogP contribution in [0.1, 0.15) is 51.9 Å². The summed E-state index contributed by atoms with van der Waals surface area (Å²) in [6.45, 7) is 3.43. The number of nitrogens with zero attached hydrogens (tertiary/aromatic N) is 2. The minimum atomic E-state index is -0.745. The van der Waals surface area contributed by atoms with Gasteiger partial charge < -0.3 is 15.5 Å². The molecule has 1 aliphatic carbocycles. The van der Waals surface area contributed by atoms with Gasteiger partial charge in [0.05, 0.1) is 0 Å². The van der Waals surface area contributed by atoms with E-state index in [4.69, 9.17) is 0 Å². The van der Waals surface area contributed by atoms with Crippen LogP contribution in [0.15, 0.2) is 0 Å². The Morgan fingerprint density at radius 1 is 1.16 bits per heavy atom. The summed E-state index contributed by atoms with van der Waals surface area (Å²) in [5.41, 5.74) is -0.745. The highest BCUT2D eigenvalue weighted by Gasteiger charge is 2.55. The highest BCUT2D eigenvalue weighted by atomic mass is 35.5. The fraction of sp³-hybridized carbons (Fsp3) is 0.824. The lowest BCUT2D eigenvalue weighted by Crippen LogP contribution is -2.54. The molecule has 0 aromatic carbocycles. The Kier molecular flexibility index (Phi) is 4.99. The first-order valence-corrected chi connectivity index (χ1v) is 9.22. The molecule has 2 N–H and O–H groups in total. The van der Waals surface area contributed by atoms with Gasteiger partial charge in [0.15, 0.2) is 0 Å². The van der Waals surface area contributed by atoms with Gasteiger partial charge in [0.25, 0.3) is 5.91 Å². The SMILES string of the molecule is CC(C(=O)N1C2CCNCC1CC2)N1C(=O)NC2(CCCC2)C1=O.Cl. The normalized spacial score (nSPS) is 31.7. The summed E-state index contributed by atoms with van der Waals surface area (Å²) in [4.78, 5) is 41.6. The maximum atomic E-state index is 13.1. The summed E-state index contributed by atoms with van der Waals surface area (Å²) < 4.78 is 0. The predicted molar refractivity (Wildman–Crippen MR) is 94.4 cm³/mol. The van der Waals surface area contributed by atoms with Crippen molar-refractivity contribution in [1.29, 1.82) is 0 Å². The highest BCUT2D eigenvalue weighted by Crippen LogP contribution is 2.36. The molecule has 4 fully saturated rings. The molecule has 0 radical (unpaired) electrons. The second kappa shape index (κ2) is 6.76. The number of imide groups is 1. The zero-order valence-electron chi connectivity index (χ0n) is 14.6. The van der Waals surface area contributed by atoms with Crippen molar-refractivity contribution < 1.29 is 14.4 Å². The zero-order valence-corrected chi connectivity index (χ0v) is 15.4. The minimum Gasteiger partial charge on any atom is -0.334 e. The van der Waals surface area contributed by atoms with E-state index in [0.717, 1.165) is 45.2 Å². The van der Waals surface area contributed by atoms with E-state index in [0.29, 0.717) is 12.8 Å². The first kappa shape index (κ1) is 18.5. The molecular weight excluding hydrogens is 344 g/mol. The van der Waals surface area contributed by atoms with Crippen molar-refractivity contribution in [3.63, 3.8) is 0 Å². The number of hydrogen-bond acceptors (Lipinski definition) is 4. The van der Waals surface area contributed by atoms with Crippen LogP contribution >= 0.6 is 12.4 Å². The van der Waals surface area contributed by atoms with Gasteiger partial charge in [-0.2, -0.15) is 0 Å². The number of carbonyl (C=O) groups is 3. The van der Waals surface area contributed by atoms with Crippen molar-refractivity contribution >= 4 is 30.3 Å². The summed E-state index contributed by atoms with van der Waals surface area (Å²) in [6.07, 6.45) is 6.24. The number of amides is 4. The van der Waals surface area contributed by atoms with E-state index in [-0.39, 0.29) is 36.3 Å². The predicted octanol–water partition coefficient (Wildman–Crippen LogP) is 1.01. The molecule has 3 saturated heterocycles. The van der Waals surface area contributed by atoms with E-state index < -0.39 is 17.6 Å². The lowest BCUT2D eigenvalue weighted by atomic mass is 9.97. The molecule has 1 saturated carbocycles. The number of hydrogen-bond donors (Lipinski definition) is 2. The van der Waals surface area contributed by atoms with Crippen molar-refractivity contribution in [3.05, 3.63) is 0 Å². The van der Waals surface area contributed by atoms with Gasteiger partial charge in [0.2, 0.25) is 5.91 Å². The second-order valence-electron chi connectivity index (χ2n) is 7.69. The van der Waals surface area contributed by atoms with Crippen LogP contribution in [-0.4, -0.2) is 64.4 Å². The molecule has 1 spiro atoms. The van der Waals surface area contributed by atoms with Crippen LogP contribution < -0.4 is 10.6 Å². The number of halogens is 1. The van der Waals surface area contributed by atoms with E-state index in [1.807, 2.05) is 4.90 Å². The number of rotatable bonds is 2. The van der Waals surface area contributed by atoms with E-state index >= 15 is 0 Å². The monoisotopic (exact) mass is 370 g/mol. The average molecular weight is 371 g/mol. The van der Waals surface area contributed by atoms with Gasteiger partial charge in [-0.3, -0.25) is 9.59 Å². The Hall–Kier alpha value is -1.34. The first-order valence-electron chi connectivity index (χ1n) is 9.22. The van der Waals surface area contributed by atoms with Crippen molar-refractivity contribution in [2.24, 2.45) is 0 Å². The average Bonchev–Trinajstić information content (AvgIpc) is 3.17. The molecule has 140 valence electrons. The molecule has 3 atom stereocenters. The minimum absolute atomic E-state index is 0. The molecule has 3 unspecified atom stereocenters. The van der Waals surface area contributed by atoms with Crippen LogP contribution in [0.5, 0.6) is 0 Å². The quantitative estimate of drug-likeness (QED) is 0.711. The fourth-order valence-corrected chi connectivity index (χ4v) is 4.98. The molecule has 4 amide bonds. The van der Waals surface area contributed by atoms with Crippen LogP contribution in [0, 0.1) is 0 Å². The Morgan fingerprint density at radius 3 is 2.56 bits per heavy atom. The van der Waals surface area contributed by atoms with Crippen molar-refractivity contribution in [2.75, 3.05) is 13.1 Å². The first-order chi connectivity index (χ1) is 11.5. The molecular formula is C17H27ClN4O3. The van der Waals surface area contributed by atoms with Gasteiger partial charge in [-0.05, 0) is 45.6 Å². The Bertz CT molecular complexity index is 564.